The lowest BCUT2D eigenvalue weighted by Crippen LogP contribution is -2.26. The molecule has 0 aliphatic heterocycles. The van der Waals surface area contributed by atoms with Crippen molar-refractivity contribution in [2.45, 2.75) is 71.3 Å². The van der Waals surface area contributed by atoms with Crippen molar-refractivity contribution < 1.29 is 31.1 Å². The van der Waals surface area contributed by atoms with Crippen LogP contribution in [0.3, 0.4) is 0 Å². The summed E-state index contributed by atoms with van der Waals surface area (Å²) in [6.45, 7) is 3.44. The van der Waals surface area contributed by atoms with Crippen molar-refractivity contribution in [3.63, 3.8) is 0 Å². The van der Waals surface area contributed by atoms with Crippen LogP contribution in [0.2, 0.25) is 0 Å². The Balaban J connectivity index is 1.76. The third-order valence-electron chi connectivity index (χ3n) is 6.38. The lowest BCUT2D eigenvalue weighted by molar-refractivity contribution is -0.300. The van der Waals surface area contributed by atoms with E-state index in [9.17, 15) is 26.3 Å². The predicted octanol–water partition coefficient (Wildman–Crippen LogP) is 9.16. The average molecular weight is 485 g/mol. The van der Waals surface area contributed by atoms with E-state index in [4.69, 9.17) is 0 Å². The fourth-order valence-electron chi connectivity index (χ4n) is 4.50. The molecule has 7 heteroatoms. The van der Waals surface area contributed by atoms with Crippen molar-refractivity contribution >= 4 is 6.08 Å². The van der Waals surface area contributed by atoms with Gasteiger partial charge in [0.2, 0.25) is 6.36 Å². The lowest BCUT2D eigenvalue weighted by atomic mass is 9.80. The van der Waals surface area contributed by atoms with E-state index in [1.165, 1.54) is 44.7 Å². The molecular formula is C27H30F6O. The molecule has 1 nitrogen and oxygen atoms in total. The van der Waals surface area contributed by atoms with Crippen molar-refractivity contribution in [1.29, 1.82) is 0 Å². The minimum atomic E-state index is -4.51. The van der Waals surface area contributed by atoms with Crippen LogP contribution in [0.4, 0.5) is 26.3 Å². The van der Waals surface area contributed by atoms with Gasteiger partial charge in [-0.2, -0.15) is 8.78 Å². The fraction of sp³-hybridized carbons (Fsp3) is 0.481. The summed E-state index contributed by atoms with van der Waals surface area (Å²) in [4.78, 5) is 0. The number of alkyl halides is 3. The Bertz CT molecular complexity index is 972. The maximum atomic E-state index is 14.8. The summed E-state index contributed by atoms with van der Waals surface area (Å²) in [6.07, 6.45) is 3.63. The molecule has 1 atom stereocenters. The maximum absolute atomic E-state index is 14.8. The highest BCUT2D eigenvalue weighted by Crippen LogP contribution is 2.38. The third-order valence-corrected chi connectivity index (χ3v) is 6.38. The fourth-order valence-corrected chi connectivity index (χ4v) is 4.50. The first-order valence-corrected chi connectivity index (χ1v) is 11.8. The number of halogens is 6. The molecule has 0 spiro atoms. The Kier molecular flexibility index (Phi) is 8.85. The summed E-state index contributed by atoms with van der Waals surface area (Å²) < 4.78 is 88.8. The van der Waals surface area contributed by atoms with E-state index in [1.54, 1.807) is 6.07 Å². The first kappa shape index (κ1) is 26.3. The molecule has 1 unspecified atom stereocenters. The first-order chi connectivity index (χ1) is 16.1. The molecule has 1 aliphatic rings. The van der Waals surface area contributed by atoms with Crippen LogP contribution >= 0.6 is 0 Å². The van der Waals surface area contributed by atoms with Crippen LogP contribution in [0, 0.1) is 29.3 Å². The van der Waals surface area contributed by atoms with E-state index in [0.717, 1.165) is 18.8 Å². The summed E-state index contributed by atoms with van der Waals surface area (Å²) >= 11 is 0. The molecule has 186 valence electrons. The van der Waals surface area contributed by atoms with Crippen molar-refractivity contribution in [1.82, 2.24) is 0 Å². The average Bonchev–Trinajstić information content (AvgIpc) is 2.77. The van der Waals surface area contributed by atoms with E-state index in [0.29, 0.717) is 23.6 Å². The van der Waals surface area contributed by atoms with E-state index < -0.39 is 41.9 Å². The van der Waals surface area contributed by atoms with Crippen molar-refractivity contribution in [2.75, 3.05) is 0 Å². The normalized spacial score (nSPS) is 20.1. The lowest BCUT2D eigenvalue weighted by Gasteiger charge is -2.26. The van der Waals surface area contributed by atoms with Gasteiger partial charge in [0.15, 0.2) is 0 Å². The second-order valence-electron chi connectivity index (χ2n) is 8.94. The van der Waals surface area contributed by atoms with E-state index in [2.05, 4.69) is 17.7 Å². The second-order valence-corrected chi connectivity index (χ2v) is 8.94. The van der Waals surface area contributed by atoms with Gasteiger partial charge in [0.1, 0.15) is 23.0 Å². The van der Waals surface area contributed by atoms with Crippen LogP contribution in [0.15, 0.2) is 36.4 Å². The van der Waals surface area contributed by atoms with E-state index in [1.807, 2.05) is 6.08 Å². The van der Waals surface area contributed by atoms with Gasteiger partial charge in [0, 0.05) is 12.0 Å². The molecule has 0 aromatic heterocycles. The van der Waals surface area contributed by atoms with Crippen LogP contribution in [0.25, 0.3) is 17.2 Å². The minimum absolute atomic E-state index is 0.136. The number of hydrogen-bond donors (Lipinski definition) is 0. The van der Waals surface area contributed by atoms with Gasteiger partial charge in [-0.05, 0) is 66.8 Å². The zero-order valence-electron chi connectivity index (χ0n) is 19.4. The zero-order valence-corrected chi connectivity index (χ0v) is 19.4. The smallest absolute Gasteiger partial charge is 0.282 e. The SMILES string of the molecule is CCCC1CCC(/C=C/c2ccc(-c3cc(F)c(C(F)(F)OC(F)CC)c(F)c3)c(F)c2)CC1. The van der Waals surface area contributed by atoms with Gasteiger partial charge in [0.25, 0.3) is 0 Å². The van der Waals surface area contributed by atoms with Crippen molar-refractivity contribution in [2.24, 2.45) is 11.8 Å². The van der Waals surface area contributed by atoms with Crippen LogP contribution in [-0.2, 0) is 10.8 Å². The first-order valence-electron chi connectivity index (χ1n) is 11.8. The van der Waals surface area contributed by atoms with Gasteiger partial charge in [-0.25, -0.2) is 17.6 Å². The highest BCUT2D eigenvalue weighted by molar-refractivity contribution is 5.67. The summed E-state index contributed by atoms with van der Waals surface area (Å²) in [5.41, 5.74) is -1.49. The van der Waals surface area contributed by atoms with Gasteiger partial charge in [-0.1, -0.05) is 51.0 Å². The van der Waals surface area contributed by atoms with Gasteiger partial charge in [-0.15, -0.1) is 0 Å². The van der Waals surface area contributed by atoms with Crippen LogP contribution in [-0.4, -0.2) is 6.36 Å². The zero-order chi connectivity index (χ0) is 24.9. The number of rotatable bonds is 9. The van der Waals surface area contributed by atoms with Crippen LogP contribution in [0.5, 0.6) is 0 Å². The molecule has 3 rings (SSSR count). The van der Waals surface area contributed by atoms with Gasteiger partial charge >= 0.3 is 6.11 Å². The Morgan fingerprint density at radius 2 is 1.62 bits per heavy atom. The predicted molar refractivity (Wildman–Crippen MR) is 121 cm³/mol. The third kappa shape index (κ3) is 6.44. The molecule has 1 fully saturated rings. The number of hydrogen-bond acceptors (Lipinski definition) is 1. The molecule has 1 saturated carbocycles. The summed E-state index contributed by atoms with van der Waals surface area (Å²) in [6, 6.07) is 5.39. The summed E-state index contributed by atoms with van der Waals surface area (Å²) in [5.74, 6) is -2.81. The number of allylic oxidation sites excluding steroid dienone is 1. The highest BCUT2D eigenvalue weighted by Gasteiger charge is 2.42. The molecule has 2 aromatic rings. The summed E-state index contributed by atoms with van der Waals surface area (Å²) in [5, 5.41) is 0. The molecule has 0 amide bonds. The van der Waals surface area contributed by atoms with E-state index >= 15 is 0 Å². The second kappa shape index (κ2) is 11.4. The standard InChI is InChI=1S/C27H30F6O/c1-3-5-17-6-8-18(9-7-17)10-11-19-12-13-21(22(28)14-19)20-15-23(29)26(24(30)16-20)27(32,33)34-25(31)4-2/h10-18,25H,3-9H2,1-2H3/b11-10+. The molecule has 0 bridgehead atoms. The van der Waals surface area contributed by atoms with Gasteiger partial charge in [0.05, 0.1) is 0 Å². The molecular weight excluding hydrogens is 454 g/mol. The summed E-state index contributed by atoms with van der Waals surface area (Å²) in [7, 11) is 0. The van der Waals surface area contributed by atoms with Crippen molar-refractivity contribution in [3.05, 3.63) is 65.0 Å². The Labute approximate surface area is 196 Å². The van der Waals surface area contributed by atoms with Gasteiger partial charge < -0.3 is 0 Å². The molecule has 34 heavy (non-hydrogen) atoms. The molecule has 0 heterocycles. The quantitative estimate of drug-likeness (QED) is 0.323. The highest BCUT2D eigenvalue weighted by atomic mass is 19.3. The van der Waals surface area contributed by atoms with Crippen LogP contribution in [0.1, 0.15) is 69.9 Å². The minimum Gasteiger partial charge on any atom is -0.282 e. The Hall–Kier alpha value is -2.28. The van der Waals surface area contributed by atoms with Gasteiger partial charge in [-0.3, -0.25) is 4.74 Å². The van der Waals surface area contributed by atoms with Crippen molar-refractivity contribution in [3.8, 4) is 11.1 Å². The number of ether oxygens (including phenoxy) is 1. The molecule has 0 radical (unpaired) electrons. The van der Waals surface area contributed by atoms with Crippen LogP contribution < -0.4 is 0 Å². The van der Waals surface area contributed by atoms with E-state index in [-0.39, 0.29) is 11.1 Å². The molecule has 0 saturated heterocycles. The Morgan fingerprint density at radius 3 is 2.18 bits per heavy atom. The monoisotopic (exact) mass is 484 g/mol. The Morgan fingerprint density at radius 1 is 0.971 bits per heavy atom. The topological polar surface area (TPSA) is 9.23 Å². The molecule has 0 N–H and O–H groups in total. The number of benzene rings is 2. The molecule has 2 aromatic carbocycles. The molecule has 1 aliphatic carbocycles. The largest absolute Gasteiger partial charge is 0.391 e. The maximum Gasteiger partial charge on any atom is 0.391 e.